The van der Waals surface area contributed by atoms with E-state index in [0.717, 1.165) is 16.7 Å². The largest absolute Gasteiger partial charge is 0.316 e. The molecule has 0 aliphatic heterocycles. The molecule has 0 unspecified atom stereocenters. The highest BCUT2D eigenvalue weighted by molar-refractivity contribution is 5.31. The Morgan fingerprint density at radius 3 is 2.50 bits per heavy atom. The molecule has 0 aromatic heterocycles. The van der Waals surface area contributed by atoms with Gasteiger partial charge in [0.1, 0.15) is 5.82 Å². The summed E-state index contributed by atoms with van der Waals surface area (Å²) in [5.41, 5.74) is 2.76. The number of hydrogen-bond acceptors (Lipinski definition) is 1. The van der Waals surface area contributed by atoms with E-state index < -0.39 is 0 Å². The molecule has 0 aliphatic rings. The molecule has 0 aliphatic carbocycles. The van der Waals surface area contributed by atoms with Gasteiger partial charge in [-0.25, -0.2) is 4.39 Å². The Hall–Kier alpha value is -0.890. The average molecular weight is 167 g/mol. The van der Waals surface area contributed by atoms with Gasteiger partial charge in [0.05, 0.1) is 0 Å². The predicted molar refractivity (Wildman–Crippen MR) is 48.6 cm³/mol. The molecule has 12 heavy (non-hydrogen) atoms. The highest BCUT2D eigenvalue weighted by Gasteiger charge is 2.04. The highest BCUT2D eigenvalue weighted by Crippen LogP contribution is 2.14. The fraction of sp³-hybridized carbons (Fsp3) is 0.400. The maximum absolute atomic E-state index is 13.3. The molecular formula is C10H14FN. The van der Waals surface area contributed by atoms with Crippen molar-refractivity contribution in [1.82, 2.24) is 5.32 Å². The van der Waals surface area contributed by atoms with E-state index in [2.05, 4.69) is 5.32 Å². The number of rotatable bonds is 2. The fourth-order valence-electron chi connectivity index (χ4n) is 1.35. The van der Waals surface area contributed by atoms with Crippen LogP contribution in [0, 0.1) is 19.7 Å². The van der Waals surface area contributed by atoms with Crippen molar-refractivity contribution in [3.8, 4) is 0 Å². The SMILES string of the molecule is CNCc1c(C)cc(C)cc1F. The Morgan fingerprint density at radius 2 is 2.00 bits per heavy atom. The Kier molecular flexibility index (Phi) is 2.82. The number of benzene rings is 1. The van der Waals surface area contributed by atoms with Gasteiger partial charge in [0, 0.05) is 12.1 Å². The zero-order valence-electron chi connectivity index (χ0n) is 7.74. The molecule has 66 valence electrons. The van der Waals surface area contributed by atoms with E-state index in [4.69, 9.17) is 0 Å². The third-order valence-corrected chi connectivity index (χ3v) is 1.92. The Balaban J connectivity index is 3.10. The van der Waals surface area contributed by atoms with E-state index in [1.165, 1.54) is 0 Å². The van der Waals surface area contributed by atoms with E-state index in [1.807, 2.05) is 27.0 Å². The molecule has 1 N–H and O–H groups in total. The van der Waals surface area contributed by atoms with Gasteiger partial charge in [0.15, 0.2) is 0 Å². The van der Waals surface area contributed by atoms with E-state index in [-0.39, 0.29) is 5.82 Å². The molecule has 0 atom stereocenters. The lowest BCUT2D eigenvalue weighted by molar-refractivity contribution is 0.597. The molecule has 0 radical (unpaired) electrons. The summed E-state index contributed by atoms with van der Waals surface area (Å²) >= 11 is 0. The van der Waals surface area contributed by atoms with Crippen molar-refractivity contribution in [2.45, 2.75) is 20.4 Å². The Labute approximate surface area is 72.6 Å². The first-order valence-electron chi connectivity index (χ1n) is 4.05. The lowest BCUT2D eigenvalue weighted by Crippen LogP contribution is -2.08. The van der Waals surface area contributed by atoms with Crippen LogP contribution in [0.2, 0.25) is 0 Å². The summed E-state index contributed by atoms with van der Waals surface area (Å²) in [5.74, 6) is -0.109. The monoisotopic (exact) mass is 167 g/mol. The first-order valence-corrected chi connectivity index (χ1v) is 4.05. The second-order valence-corrected chi connectivity index (χ2v) is 3.07. The third kappa shape index (κ3) is 1.83. The van der Waals surface area contributed by atoms with Crippen LogP contribution in [-0.4, -0.2) is 7.05 Å². The van der Waals surface area contributed by atoms with E-state index in [1.54, 1.807) is 6.07 Å². The summed E-state index contributed by atoms with van der Waals surface area (Å²) in [6.07, 6.45) is 0. The first-order chi connectivity index (χ1) is 5.65. The molecule has 0 saturated heterocycles. The summed E-state index contributed by atoms with van der Waals surface area (Å²) in [6, 6.07) is 3.56. The standard InChI is InChI=1S/C10H14FN/c1-7-4-8(2)9(6-12-3)10(11)5-7/h4-5,12H,6H2,1-3H3. The van der Waals surface area contributed by atoms with Crippen LogP contribution in [-0.2, 0) is 6.54 Å². The van der Waals surface area contributed by atoms with Crippen LogP contribution >= 0.6 is 0 Å². The molecule has 1 rings (SSSR count). The van der Waals surface area contributed by atoms with E-state index in [0.29, 0.717) is 6.54 Å². The van der Waals surface area contributed by atoms with Gasteiger partial charge in [-0.15, -0.1) is 0 Å². The van der Waals surface area contributed by atoms with Crippen molar-refractivity contribution in [1.29, 1.82) is 0 Å². The van der Waals surface area contributed by atoms with Crippen LogP contribution in [0.25, 0.3) is 0 Å². The van der Waals surface area contributed by atoms with Gasteiger partial charge in [0.2, 0.25) is 0 Å². The molecule has 1 nitrogen and oxygen atoms in total. The Morgan fingerprint density at radius 1 is 1.33 bits per heavy atom. The quantitative estimate of drug-likeness (QED) is 0.711. The van der Waals surface area contributed by atoms with Gasteiger partial charge in [-0.3, -0.25) is 0 Å². The smallest absolute Gasteiger partial charge is 0.128 e. The van der Waals surface area contributed by atoms with Crippen LogP contribution in [0.4, 0.5) is 4.39 Å². The van der Waals surface area contributed by atoms with Crippen LogP contribution in [0.3, 0.4) is 0 Å². The second kappa shape index (κ2) is 3.68. The van der Waals surface area contributed by atoms with Gasteiger partial charge in [-0.2, -0.15) is 0 Å². The van der Waals surface area contributed by atoms with Gasteiger partial charge < -0.3 is 5.32 Å². The van der Waals surface area contributed by atoms with Crippen molar-refractivity contribution in [3.63, 3.8) is 0 Å². The Bertz CT molecular complexity index is 258. The van der Waals surface area contributed by atoms with Crippen molar-refractivity contribution in [2.24, 2.45) is 0 Å². The molecular weight excluding hydrogens is 153 g/mol. The van der Waals surface area contributed by atoms with Crippen LogP contribution in [0.5, 0.6) is 0 Å². The molecule has 0 heterocycles. The van der Waals surface area contributed by atoms with Crippen molar-refractivity contribution in [2.75, 3.05) is 7.05 Å². The van der Waals surface area contributed by atoms with Crippen molar-refractivity contribution >= 4 is 0 Å². The minimum atomic E-state index is -0.109. The molecule has 2 heteroatoms. The van der Waals surface area contributed by atoms with E-state index in [9.17, 15) is 4.39 Å². The summed E-state index contributed by atoms with van der Waals surface area (Å²) < 4.78 is 13.3. The summed E-state index contributed by atoms with van der Waals surface area (Å²) in [5, 5.41) is 2.95. The lowest BCUT2D eigenvalue weighted by atomic mass is 10.1. The van der Waals surface area contributed by atoms with Crippen molar-refractivity contribution in [3.05, 3.63) is 34.6 Å². The van der Waals surface area contributed by atoms with E-state index >= 15 is 0 Å². The van der Waals surface area contributed by atoms with Crippen LogP contribution < -0.4 is 5.32 Å². The minimum absolute atomic E-state index is 0.109. The van der Waals surface area contributed by atoms with Gasteiger partial charge in [0.25, 0.3) is 0 Å². The summed E-state index contributed by atoms with van der Waals surface area (Å²) in [6.45, 7) is 4.43. The number of aryl methyl sites for hydroxylation is 2. The molecule has 0 amide bonds. The first kappa shape index (κ1) is 9.20. The second-order valence-electron chi connectivity index (χ2n) is 3.07. The maximum Gasteiger partial charge on any atom is 0.128 e. The zero-order chi connectivity index (χ0) is 9.14. The van der Waals surface area contributed by atoms with Crippen molar-refractivity contribution < 1.29 is 4.39 Å². The van der Waals surface area contributed by atoms with Gasteiger partial charge in [-0.05, 0) is 38.1 Å². The molecule has 1 aromatic carbocycles. The predicted octanol–water partition coefficient (Wildman–Crippen LogP) is 2.16. The number of halogens is 1. The lowest BCUT2D eigenvalue weighted by Gasteiger charge is -2.07. The summed E-state index contributed by atoms with van der Waals surface area (Å²) in [4.78, 5) is 0. The average Bonchev–Trinajstić information content (AvgIpc) is 1.96. The van der Waals surface area contributed by atoms with Gasteiger partial charge >= 0.3 is 0 Å². The summed E-state index contributed by atoms with van der Waals surface area (Å²) in [7, 11) is 1.82. The molecule has 0 fully saturated rings. The molecule has 1 aromatic rings. The maximum atomic E-state index is 13.3. The molecule has 0 spiro atoms. The fourth-order valence-corrected chi connectivity index (χ4v) is 1.35. The third-order valence-electron chi connectivity index (χ3n) is 1.92. The topological polar surface area (TPSA) is 12.0 Å². The van der Waals surface area contributed by atoms with Gasteiger partial charge in [-0.1, -0.05) is 6.07 Å². The van der Waals surface area contributed by atoms with Crippen LogP contribution in [0.1, 0.15) is 16.7 Å². The normalized spacial score (nSPS) is 10.3. The minimum Gasteiger partial charge on any atom is -0.316 e. The molecule has 0 saturated carbocycles. The van der Waals surface area contributed by atoms with Crippen LogP contribution in [0.15, 0.2) is 12.1 Å². The highest BCUT2D eigenvalue weighted by atomic mass is 19.1. The zero-order valence-corrected chi connectivity index (χ0v) is 7.74. The number of nitrogens with one attached hydrogen (secondary N) is 1. The number of hydrogen-bond donors (Lipinski definition) is 1. The molecule has 0 bridgehead atoms.